The molecule has 3 amide bonds. The highest BCUT2D eigenvalue weighted by atomic mass is 16.4. The number of nitrogens with zero attached hydrogens (tertiary/aromatic N) is 2. The Kier molecular flexibility index (Phi) is 4.69. The summed E-state index contributed by atoms with van der Waals surface area (Å²) in [7, 11) is 1.62. The summed E-state index contributed by atoms with van der Waals surface area (Å²) in [6.45, 7) is 3.39. The molecular formula is C14H23N3O4. The van der Waals surface area contributed by atoms with Gasteiger partial charge in [0, 0.05) is 38.6 Å². The lowest BCUT2D eigenvalue weighted by Gasteiger charge is -2.35. The molecule has 0 aromatic carbocycles. The lowest BCUT2D eigenvalue weighted by Crippen LogP contribution is -2.50. The third kappa shape index (κ3) is 3.11. The van der Waals surface area contributed by atoms with Crippen molar-refractivity contribution < 1.29 is 19.5 Å². The lowest BCUT2D eigenvalue weighted by molar-refractivity contribution is -0.142. The summed E-state index contributed by atoms with van der Waals surface area (Å²) in [5.41, 5.74) is 0. The molecule has 7 nitrogen and oxygen atoms in total. The van der Waals surface area contributed by atoms with Gasteiger partial charge in [-0.3, -0.25) is 9.59 Å². The number of carboxylic acids is 1. The van der Waals surface area contributed by atoms with Crippen molar-refractivity contribution >= 4 is 17.9 Å². The molecule has 21 heavy (non-hydrogen) atoms. The summed E-state index contributed by atoms with van der Waals surface area (Å²) >= 11 is 0. The van der Waals surface area contributed by atoms with E-state index in [1.165, 1.54) is 0 Å². The number of carbonyl (C=O) groups excluding carboxylic acids is 2. The maximum absolute atomic E-state index is 12.5. The number of piperidine rings is 1. The standard InChI is InChI=1S/C14H23N3O4/c1-9-11(13(19)20)5-8-17(9)14(21)16-6-3-10(4-7-16)12(18)15-2/h9-11H,3-8H2,1-2H3,(H,15,18)(H,19,20). The zero-order valence-electron chi connectivity index (χ0n) is 12.5. The number of aliphatic carboxylic acids is 1. The van der Waals surface area contributed by atoms with Crippen LogP contribution >= 0.6 is 0 Å². The minimum Gasteiger partial charge on any atom is -0.481 e. The van der Waals surface area contributed by atoms with Crippen molar-refractivity contribution in [1.29, 1.82) is 0 Å². The Hall–Kier alpha value is -1.79. The van der Waals surface area contributed by atoms with E-state index in [0.717, 1.165) is 0 Å². The Morgan fingerprint density at radius 1 is 1.10 bits per heavy atom. The molecule has 2 unspecified atom stereocenters. The molecule has 0 aromatic rings. The highest BCUT2D eigenvalue weighted by molar-refractivity contribution is 5.80. The van der Waals surface area contributed by atoms with Crippen LogP contribution in [0.1, 0.15) is 26.2 Å². The van der Waals surface area contributed by atoms with Crippen LogP contribution < -0.4 is 5.32 Å². The molecule has 0 saturated carbocycles. The van der Waals surface area contributed by atoms with Gasteiger partial charge < -0.3 is 20.2 Å². The third-order valence-electron chi connectivity index (χ3n) is 4.70. The van der Waals surface area contributed by atoms with Crippen molar-refractivity contribution in [3.8, 4) is 0 Å². The second kappa shape index (κ2) is 6.32. The highest BCUT2D eigenvalue weighted by Gasteiger charge is 2.40. The van der Waals surface area contributed by atoms with Crippen LogP contribution in [0.15, 0.2) is 0 Å². The number of carboxylic acid groups (broad SMARTS) is 1. The summed E-state index contributed by atoms with van der Waals surface area (Å²) < 4.78 is 0. The fourth-order valence-corrected chi connectivity index (χ4v) is 3.26. The van der Waals surface area contributed by atoms with E-state index < -0.39 is 11.9 Å². The van der Waals surface area contributed by atoms with E-state index in [0.29, 0.717) is 38.9 Å². The maximum Gasteiger partial charge on any atom is 0.320 e. The predicted molar refractivity (Wildman–Crippen MR) is 75.7 cm³/mol. The van der Waals surface area contributed by atoms with E-state index in [9.17, 15) is 14.4 Å². The summed E-state index contributed by atoms with van der Waals surface area (Å²) in [4.78, 5) is 38.6. The van der Waals surface area contributed by atoms with Crippen LogP contribution in [0, 0.1) is 11.8 Å². The van der Waals surface area contributed by atoms with Crippen LogP contribution in [-0.4, -0.2) is 65.5 Å². The first-order valence-corrected chi connectivity index (χ1v) is 7.45. The molecule has 0 radical (unpaired) electrons. The quantitative estimate of drug-likeness (QED) is 0.770. The first kappa shape index (κ1) is 15.6. The van der Waals surface area contributed by atoms with Crippen LogP contribution in [0.4, 0.5) is 4.79 Å². The van der Waals surface area contributed by atoms with Crippen LogP contribution in [-0.2, 0) is 9.59 Å². The zero-order valence-corrected chi connectivity index (χ0v) is 12.5. The van der Waals surface area contributed by atoms with Crippen LogP contribution in [0.2, 0.25) is 0 Å². The number of rotatable bonds is 2. The van der Waals surface area contributed by atoms with Crippen molar-refractivity contribution in [2.45, 2.75) is 32.2 Å². The Morgan fingerprint density at radius 2 is 1.71 bits per heavy atom. The maximum atomic E-state index is 12.5. The van der Waals surface area contributed by atoms with Crippen molar-refractivity contribution in [3.63, 3.8) is 0 Å². The van der Waals surface area contributed by atoms with E-state index in [-0.39, 0.29) is 23.9 Å². The van der Waals surface area contributed by atoms with Crippen molar-refractivity contribution in [2.24, 2.45) is 11.8 Å². The molecule has 2 heterocycles. The second-order valence-corrected chi connectivity index (χ2v) is 5.83. The Bertz CT molecular complexity index is 432. The average Bonchev–Trinajstić information content (AvgIpc) is 2.87. The minimum atomic E-state index is -0.837. The number of likely N-dealkylation sites (tertiary alicyclic amines) is 2. The predicted octanol–water partition coefficient (Wildman–Crippen LogP) is 0.359. The number of urea groups is 1. The van der Waals surface area contributed by atoms with Crippen LogP contribution in [0.3, 0.4) is 0 Å². The zero-order chi connectivity index (χ0) is 15.6. The fourth-order valence-electron chi connectivity index (χ4n) is 3.26. The van der Waals surface area contributed by atoms with Crippen molar-refractivity contribution in [3.05, 3.63) is 0 Å². The lowest BCUT2D eigenvalue weighted by atomic mass is 9.96. The van der Waals surface area contributed by atoms with E-state index in [2.05, 4.69) is 5.32 Å². The molecule has 0 aliphatic carbocycles. The molecule has 2 N–H and O–H groups in total. The summed E-state index contributed by atoms with van der Waals surface area (Å²) in [5, 5.41) is 11.8. The number of amides is 3. The second-order valence-electron chi connectivity index (χ2n) is 5.83. The highest BCUT2D eigenvalue weighted by Crippen LogP contribution is 2.27. The van der Waals surface area contributed by atoms with E-state index >= 15 is 0 Å². The van der Waals surface area contributed by atoms with Crippen LogP contribution in [0.5, 0.6) is 0 Å². The molecule has 118 valence electrons. The first-order chi connectivity index (χ1) is 9.95. The molecule has 0 bridgehead atoms. The molecule has 2 fully saturated rings. The van der Waals surface area contributed by atoms with E-state index in [1.54, 1.807) is 23.8 Å². The van der Waals surface area contributed by atoms with Gasteiger partial charge in [0.2, 0.25) is 5.91 Å². The van der Waals surface area contributed by atoms with Gasteiger partial charge in [-0.15, -0.1) is 0 Å². The molecule has 2 aliphatic rings. The SMILES string of the molecule is CNC(=O)C1CCN(C(=O)N2CCC(C(=O)O)C2C)CC1. The Morgan fingerprint density at radius 3 is 2.19 bits per heavy atom. The molecule has 2 aliphatic heterocycles. The number of nitrogens with one attached hydrogen (secondary N) is 1. The average molecular weight is 297 g/mol. The Balaban J connectivity index is 1.91. The van der Waals surface area contributed by atoms with Gasteiger partial charge in [0.05, 0.1) is 5.92 Å². The normalized spacial score (nSPS) is 26.8. The smallest absolute Gasteiger partial charge is 0.320 e. The molecule has 2 atom stereocenters. The summed E-state index contributed by atoms with van der Waals surface area (Å²) in [6.07, 6.45) is 1.84. The molecule has 0 aromatic heterocycles. The fraction of sp³-hybridized carbons (Fsp3) is 0.786. The monoisotopic (exact) mass is 297 g/mol. The van der Waals surface area contributed by atoms with Gasteiger partial charge in [0.1, 0.15) is 0 Å². The van der Waals surface area contributed by atoms with Gasteiger partial charge in [0.15, 0.2) is 0 Å². The first-order valence-electron chi connectivity index (χ1n) is 7.45. The van der Waals surface area contributed by atoms with Gasteiger partial charge in [-0.25, -0.2) is 4.79 Å². The topological polar surface area (TPSA) is 90.0 Å². The molecule has 2 rings (SSSR count). The van der Waals surface area contributed by atoms with Gasteiger partial charge in [0.25, 0.3) is 0 Å². The van der Waals surface area contributed by atoms with E-state index in [4.69, 9.17) is 5.11 Å². The largest absolute Gasteiger partial charge is 0.481 e. The van der Waals surface area contributed by atoms with Crippen molar-refractivity contribution in [2.75, 3.05) is 26.7 Å². The van der Waals surface area contributed by atoms with Gasteiger partial charge >= 0.3 is 12.0 Å². The van der Waals surface area contributed by atoms with E-state index in [1.807, 2.05) is 0 Å². The van der Waals surface area contributed by atoms with Crippen molar-refractivity contribution in [1.82, 2.24) is 15.1 Å². The number of hydrogen-bond acceptors (Lipinski definition) is 3. The molecule has 0 spiro atoms. The Labute approximate surface area is 124 Å². The van der Waals surface area contributed by atoms with Gasteiger partial charge in [-0.05, 0) is 26.2 Å². The number of hydrogen-bond donors (Lipinski definition) is 2. The molecule has 2 saturated heterocycles. The molecular weight excluding hydrogens is 274 g/mol. The summed E-state index contributed by atoms with van der Waals surface area (Å²) in [5.74, 6) is -1.31. The van der Waals surface area contributed by atoms with Crippen LogP contribution in [0.25, 0.3) is 0 Å². The molecule has 7 heteroatoms. The van der Waals surface area contributed by atoms with Gasteiger partial charge in [-0.2, -0.15) is 0 Å². The number of carbonyl (C=O) groups is 3. The third-order valence-corrected chi connectivity index (χ3v) is 4.70. The van der Waals surface area contributed by atoms with Gasteiger partial charge in [-0.1, -0.05) is 0 Å². The minimum absolute atomic E-state index is 0.0261. The summed E-state index contributed by atoms with van der Waals surface area (Å²) in [6, 6.07) is -0.367.